The number of para-hydroxylation sites is 1. The molecule has 0 aliphatic rings. The van der Waals surface area contributed by atoms with E-state index in [1.807, 2.05) is 43.3 Å². The summed E-state index contributed by atoms with van der Waals surface area (Å²) in [6, 6.07) is 16.1. The molecule has 0 aromatic heterocycles. The van der Waals surface area contributed by atoms with Crippen LogP contribution in [0.3, 0.4) is 0 Å². The topological polar surface area (TPSA) is 45.0 Å². The van der Waals surface area contributed by atoms with Gasteiger partial charge in [0.25, 0.3) is 0 Å². The van der Waals surface area contributed by atoms with Crippen molar-refractivity contribution >= 4 is 5.69 Å². The molecule has 0 aliphatic heterocycles. The van der Waals surface area contributed by atoms with E-state index in [1.54, 1.807) is 7.11 Å². The molecule has 0 amide bonds. The molecule has 0 fully saturated rings. The molecule has 108 valence electrons. The fraction of sp³-hybridized carbons (Fsp3) is 0.278. The van der Waals surface area contributed by atoms with Gasteiger partial charge in [0.15, 0.2) is 0 Å². The molecule has 2 aromatic carbocycles. The molecule has 0 heterocycles. The second-order valence-electron chi connectivity index (χ2n) is 4.99. The van der Waals surface area contributed by atoms with Crippen LogP contribution in [0.15, 0.2) is 42.5 Å². The summed E-state index contributed by atoms with van der Waals surface area (Å²) in [5, 5.41) is 12.6. The molecule has 2 aromatic rings. The Hall–Kier alpha value is -2.47. The molecule has 21 heavy (non-hydrogen) atoms. The third-order valence-electron chi connectivity index (χ3n) is 3.62. The average molecular weight is 280 g/mol. The summed E-state index contributed by atoms with van der Waals surface area (Å²) in [6.45, 7) is 4.17. The zero-order chi connectivity index (χ0) is 15.2. The number of hydrogen-bond acceptors (Lipinski definition) is 3. The van der Waals surface area contributed by atoms with Gasteiger partial charge in [-0.3, -0.25) is 0 Å². The number of ether oxygens (including phenoxy) is 1. The zero-order valence-electron chi connectivity index (χ0n) is 12.7. The number of nitrogens with zero attached hydrogens (tertiary/aromatic N) is 1. The van der Waals surface area contributed by atoms with Gasteiger partial charge in [0, 0.05) is 11.3 Å². The molecule has 1 atom stereocenters. The van der Waals surface area contributed by atoms with E-state index in [0.717, 1.165) is 29.0 Å². The summed E-state index contributed by atoms with van der Waals surface area (Å²) >= 11 is 0. The van der Waals surface area contributed by atoms with E-state index < -0.39 is 0 Å². The van der Waals surface area contributed by atoms with Crippen molar-refractivity contribution in [3.63, 3.8) is 0 Å². The number of nitriles is 1. The molecular formula is C18H20N2O. The Kier molecular flexibility index (Phi) is 4.84. The predicted molar refractivity (Wildman–Crippen MR) is 85.5 cm³/mol. The second kappa shape index (κ2) is 6.81. The van der Waals surface area contributed by atoms with E-state index in [2.05, 4.69) is 24.4 Å². The normalized spacial score (nSPS) is 11.5. The van der Waals surface area contributed by atoms with Crippen molar-refractivity contribution in [1.29, 1.82) is 5.26 Å². The van der Waals surface area contributed by atoms with E-state index >= 15 is 0 Å². The molecule has 2 rings (SSSR count). The Morgan fingerprint density at radius 1 is 1.24 bits per heavy atom. The minimum Gasteiger partial charge on any atom is -0.496 e. The second-order valence-corrected chi connectivity index (χ2v) is 4.99. The first-order chi connectivity index (χ1) is 10.2. The smallest absolute Gasteiger partial charge is 0.124 e. The molecule has 1 unspecified atom stereocenters. The quantitative estimate of drug-likeness (QED) is 0.880. The average Bonchev–Trinajstić information content (AvgIpc) is 2.54. The number of nitrogens with one attached hydrogen (secondary N) is 1. The van der Waals surface area contributed by atoms with Gasteiger partial charge >= 0.3 is 0 Å². The lowest BCUT2D eigenvalue weighted by Gasteiger charge is -2.22. The predicted octanol–water partition coefficient (Wildman–Crippen LogP) is 4.44. The van der Waals surface area contributed by atoms with Gasteiger partial charge in [0.05, 0.1) is 24.8 Å². The van der Waals surface area contributed by atoms with Crippen LogP contribution in [-0.4, -0.2) is 7.11 Å². The van der Waals surface area contributed by atoms with Crippen molar-refractivity contribution in [2.45, 2.75) is 26.3 Å². The first-order valence-electron chi connectivity index (χ1n) is 7.09. The molecule has 0 aliphatic carbocycles. The lowest BCUT2D eigenvalue weighted by atomic mass is 10.0. The van der Waals surface area contributed by atoms with Crippen LogP contribution >= 0.6 is 0 Å². The van der Waals surface area contributed by atoms with Gasteiger partial charge in [-0.1, -0.05) is 31.2 Å². The fourth-order valence-corrected chi connectivity index (χ4v) is 2.39. The Balaban J connectivity index is 2.34. The fourth-order valence-electron chi connectivity index (χ4n) is 2.39. The van der Waals surface area contributed by atoms with Crippen LogP contribution < -0.4 is 10.1 Å². The standard InChI is InChI=1S/C18H20N2O/c1-4-16(15-7-5-6-8-18(15)21-3)20-17-11-14(12-19)10-9-13(17)2/h5-11,16,20H,4H2,1-3H3. The highest BCUT2D eigenvalue weighted by molar-refractivity contribution is 5.57. The van der Waals surface area contributed by atoms with Crippen LogP contribution in [0.4, 0.5) is 5.69 Å². The SMILES string of the molecule is CCC(Nc1cc(C#N)ccc1C)c1ccccc1OC. The van der Waals surface area contributed by atoms with Crippen molar-refractivity contribution in [3.05, 3.63) is 59.2 Å². The Bertz CT molecular complexity index is 659. The summed E-state index contributed by atoms with van der Waals surface area (Å²) in [4.78, 5) is 0. The minimum absolute atomic E-state index is 0.147. The largest absolute Gasteiger partial charge is 0.496 e. The molecule has 0 spiro atoms. The van der Waals surface area contributed by atoms with E-state index in [-0.39, 0.29) is 6.04 Å². The lowest BCUT2D eigenvalue weighted by Crippen LogP contribution is -2.12. The lowest BCUT2D eigenvalue weighted by molar-refractivity contribution is 0.406. The summed E-state index contributed by atoms with van der Waals surface area (Å²) in [6.07, 6.45) is 0.927. The van der Waals surface area contributed by atoms with Crippen molar-refractivity contribution in [2.75, 3.05) is 12.4 Å². The van der Waals surface area contributed by atoms with Crippen LogP contribution in [0.5, 0.6) is 5.75 Å². The van der Waals surface area contributed by atoms with Gasteiger partial charge in [-0.25, -0.2) is 0 Å². The third kappa shape index (κ3) is 3.35. The summed E-state index contributed by atoms with van der Waals surface area (Å²) in [7, 11) is 1.69. The van der Waals surface area contributed by atoms with E-state index in [4.69, 9.17) is 10.00 Å². The van der Waals surface area contributed by atoms with Crippen LogP contribution in [0.25, 0.3) is 0 Å². The molecule has 0 saturated carbocycles. The van der Waals surface area contributed by atoms with E-state index in [0.29, 0.717) is 5.56 Å². The Labute approximate surface area is 126 Å². The number of benzene rings is 2. The molecule has 0 radical (unpaired) electrons. The highest BCUT2D eigenvalue weighted by Crippen LogP contribution is 2.31. The molecule has 3 heteroatoms. The highest BCUT2D eigenvalue weighted by Gasteiger charge is 2.14. The number of anilines is 1. The van der Waals surface area contributed by atoms with Gasteiger partial charge < -0.3 is 10.1 Å². The monoisotopic (exact) mass is 280 g/mol. The van der Waals surface area contributed by atoms with Crippen LogP contribution in [0, 0.1) is 18.3 Å². The Morgan fingerprint density at radius 3 is 2.67 bits per heavy atom. The van der Waals surface area contributed by atoms with E-state index in [1.165, 1.54) is 0 Å². The molecular weight excluding hydrogens is 260 g/mol. The van der Waals surface area contributed by atoms with Gasteiger partial charge in [-0.05, 0) is 37.1 Å². The van der Waals surface area contributed by atoms with Crippen molar-refractivity contribution in [2.24, 2.45) is 0 Å². The van der Waals surface area contributed by atoms with Gasteiger partial charge in [0.1, 0.15) is 5.75 Å². The summed E-state index contributed by atoms with van der Waals surface area (Å²) in [5.74, 6) is 0.881. The number of aryl methyl sites for hydroxylation is 1. The number of hydrogen-bond donors (Lipinski definition) is 1. The van der Waals surface area contributed by atoms with Crippen molar-refractivity contribution < 1.29 is 4.74 Å². The Morgan fingerprint density at radius 2 is 2.00 bits per heavy atom. The molecule has 0 saturated heterocycles. The van der Waals surface area contributed by atoms with Gasteiger partial charge in [0.2, 0.25) is 0 Å². The van der Waals surface area contributed by atoms with Crippen LogP contribution in [-0.2, 0) is 0 Å². The zero-order valence-corrected chi connectivity index (χ0v) is 12.7. The van der Waals surface area contributed by atoms with E-state index in [9.17, 15) is 0 Å². The highest BCUT2D eigenvalue weighted by atomic mass is 16.5. The molecule has 3 nitrogen and oxygen atoms in total. The number of rotatable bonds is 5. The first-order valence-corrected chi connectivity index (χ1v) is 7.09. The summed E-state index contributed by atoms with van der Waals surface area (Å²) < 4.78 is 5.45. The van der Waals surface area contributed by atoms with Crippen LogP contribution in [0.2, 0.25) is 0 Å². The van der Waals surface area contributed by atoms with Crippen LogP contribution in [0.1, 0.15) is 36.1 Å². The third-order valence-corrected chi connectivity index (χ3v) is 3.62. The van der Waals surface area contributed by atoms with Gasteiger partial charge in [-0.15, -0.1) is 0 Å². The first kappa shape index (κ1) is 14.9. The maximum absolute atomic E-state index is 9.05. The van der Waals surface area contributed by atoms with Crippen molar-refractivity contribution in [1.82, 2.24) is 0 Å². The minimum atomic E-state index is 0.147. The summed E-state index contributed by atoms with van der Waals surface area (Å²) in [5.41, 5.74) is 3.91. The van der Waals surface area contributed by atoms with Crippen molar-refractivity contribution in [3.8, 4) is 11.8 Å². The molecule has 1 N–H and O–H groups in total. The number of methoxy groups -OCH3 is 1. The maximum Gasteiger partial charge on any atom is 0.124 e. The van der Waals surface area contributed by atoms with Gasteiger partial charge in [-0.2, -0.15) is 5.26 Å². The maximum atomic E-state index is 9.05. The molecule has 0 bridgehead atoms.